The first-order valence-corrected chi connectivity index (χ1v) is 8.41. The van der Waals surface area contributed by atoms with E-state index in [-0.39, 0.29) is 0 Å². The minimum atomic E-state index is -1.26. The standard InChI is InChI=1S/C17H21NO.C4H4O4/c1-18(2)12-13-19-17-11-7-6-10-16(17)14-15-8-4-3-5-9-15;5-3(6)1-2-4(7)8/h3-11H,12-14H2,1-2H3;1-2H,(H,5,6)(H,7,8)/b;2-1+. The zero-order valence-corrected chi connectivity index (χ0v) is 15.5. The smallest absolute Gasteiger partial charge is 0.328 e. The van der Waals surface area contributed by atoms with Crippen molar-refractivity contribution in [1.29, 1.82) is 0 Å². The predicted octanol–water partition coefficient (Wildman–Crippen LogP) is 2.93. The van der Waals surface area contributed by atoms with Crippen LogP contribution in [0, 0.1) is 0 Å². The molecule has 6 heteroatoms. The lowest BCUT2D eigenvalue weighted by atomic mass is 10.0. The van der Waals surface area contributed by atoms with E-state index in [4.69, 9.17) is 14.9 Å². The van der Waals surface area contributed by atoms with Crippen molar-refractivity contribution in [3.63, 3.8) is 0 Å². The second-order valence-corrected chi connectivity index (χ2v) is 5.93. The van der Waals surface area contributed by atoms with Gasteiger partial charge in [-0.25, -0.2) is 9.59 Å². The highest BCUT2D eigenvalue weighted by atomic mass is 16.5. The molecule has 2 N–H and O–H groups in total. The topological polar surface area (TPSA) is 87.1 Å². The minimum absolute atomic E-state index is 0.558. The molecule has 0 fully saturated rings. The van der Waals surface area contributed by atoms with Crippen LogP contribution < -0.4 is 4.74 Å². The highest BCUT2D eigenvalue weighted by Crippen LogP contribution is 2.21. The SMILES string of the molecule is CN(C)CCOc1ccccc1Cc1ccccc1.O=C(O)/C=C/C(=O)O. The van der Waals surface area contributed by atoms with Crippen molar-refractivity contribution in [2.24, 2.45) is 0 Å². The van der Waals surface area contributed by atoms with Gasteiger partial charge in [0.15, 0.2) is 0 Å². The Balaban J connectivity index is 0.000000387. The van der Waals surface area contributed by atoms with Gasteiger partial charge in [-0.15, -0.1) is 0 Å². The molecule has 0 unspecified atom stereocenters. The number of para-hydroxylation sites is 1. The molecule has 0 spiro atoms. The predicted molar refractivity (Wildman–Crippen MR) is 104 cm³/mol. The largest absolute Gasteiger partial charge is 0.492 e. The number of carboxylic acid groups (broad SMARTS) is 2. The van der Waals surface area contributed by atoms with Crippen molar-refractivity contribution in [3.05, 3.63) is 77.9 Å². The molecule has 0 saturated heterocycles. The van der Waals surface area contributed by atoms with Gasteiger partial charge in [-0.1, -0.05) is 48.5 Å². The van der Waals surface area contributed by atoms with Gasteiger partial charge in [-0.3, -0.25) is 0 Å². The van der Waals surface area contributed by atoms with E-state index < -0.39 is 11.9 Å². The van der Waals surface area contributed by atoms with Crippen molar-refractivity contribution in [2.75, 3.05) is 27.2 Å². The number of hydrogen-bond acceptors (Lipinski definition) is 4. The molecular weight excluding hydrogens is 346 g/mol. The molecule has 0 aliphatic rings. The molecule has 0 aliphatic carbocycles. The Morgan fingerprint density at radius 2 is 1.48 bits per heavy atom. The van der Waals surface area contributed by atoms with E-state index in [0.717, 1.165) is 25.3 Å². The summed E-state index contributed by atoms with van der Waals surface area (Å²) < 4.78 is 5.88. The number of benzene rings is 2. The maximum absolute atomic E-state index is 9.55. The number of hydrogen-bond donors (Lipinski definition) is 2. The van der Waals surface area contributed by atoms with Crippen LogP contribution in [0.25, 0.3) is 0 Å². The van der Waals surface area contributed by atoms with E-state index in [9.17, 15) is 9.59 Å². The highest BCUT2D eigenvalue weighted by molar-refractivity contribution is 5.89. The van der Waals surface area contributed by atoms with E-state index in [1.54, 1.807) is 0 Å². The van der Waals surface area contributed by atoms with Crippen LogP contribution in [-0.2, 0) is 16.0 Å². The van der Waals surface area contributed by atoms with Crippen LogP contribution in [0.2, 0.25) is 0 Å². The van der Waals surface area contributed by atoms with Gasteiger partial charge in [-0.05, 0) is 31.3 Å². The third kappa shape index (κ3) is 10.5. The van der Waals surface area contributed by atoms with Crippen LogP contribution in [0.3, 0.4) is 0 Å². The molecule has 2 aromatic carbocycles. The van der Waals surface area contributed by atoms with Crippen LogP contribution in [0.1, 0.15) is 11.1 Å². The van der Waals surface area contributed by atoms with Gasteiger partial charge in [0.05, 0.1) is 0 Å². The minimum Gasteiger partial charge on any atom is -0.492 e. The first-order chi connectivity index (χ1) is 12.9. The lowest BCUT2D eigenvalue weighted by Crippen LogP contribution is -2.19. The molecule has 2 rings (SSSR count). The summed E-state index contributed by atoms with van der Waals surface area (Å²) in [6.07, 6.45) is 2.03. The van der Waals surface area contributed by atoms with Gasteiger partial charge in [-0.2, -0.15) is 0 Å². The molecule has 0 bridgehead atoms. The molecule has 2 aromatic rings. The van der Waals surface area contributed by atoms with Gasteiger partial charge >= 0.3 is 11.9 Å². The number of likely N-dealkylation sites (N-methyl/N-ethyl adjacent to an activating group) is 1. The Bertz CT molecular complexity index is 725. The molecule has 0 aliphatic heterocycles. The summed E-state index contributed by atoms with van der Waals surface area (Å²) in [5.74, 6) is -1.52. The normalized spacial score (nSPS) is 10.3. The Kier molecular flexibility index (Phi) is 9.96. The van der Waals surface area contributed by atoms with Crippen molar-refractivity contribution in [3.8, 4) is 5.75 Å². The summed E-state index contributed by atoms with van der Waals surface area (Å²) in [6, 6.07) is 18.8. The van der Waals surface area contributed by atoms with Crippen molar-refractivity contribution < 1.29 is 24.5 Å². The molecule has 0 aromatic heterocycles. The molecule has 0 amide bonds. The lowest BCUT2D eigenvalue weighted by molar-refractivity contribution is -0.134. The zero-order chi connectivity index (χ0) is 20.1. The molecule has 0 atom stereocenters. The first-order valence-electron chi connectivity index (χ1n) is 8.41. The van der Waals surface area contributed by atoms with Crippen molar-refractivity contribution in [1.82, 2.24) is 4.90 Å². The van der Waals surface area contributed by atoms with Crippen LogP contribution >= 0.6 is 0 Å². The Morgan fingerprint density at radius 1 is 0.926 bits per heavy atom. The summed E-state index contributed by atoms with van der Waals surface area (Å²) in [4.78, 5) is 21.2. The van der Waals surface area contributed by atoms with Crippen LogP contribution in [-0.4, -0.2) is 54.3 Å². The molecule has 6 nitrogen and oxygen atoms in total. The van der Waals surface area contributed by atoms with Gasteiger partial charge in [0, 0.05) is 25.1 Å². The summed E-state index contributed by atoms with van der Waals surface area (Å²) >= 11 is 0. The number of aliphatic carboxylic acids is 2. The van der Waals surface area contributed by atoms with E-state index in [1.807, 2.05) is 18.2 Å². The Hall–Kier alpha value is -3.12. The van der Waals surface area contributed by atoms with Crippen LogP contribution in [0.15, 0.2) is 66.7 Å². The summed E-state index contributed by atoms with van der Waals surface area (Å²) in [5.41, 5.74) is 2.55. The first kappa shape index (κ1) is 21.9. The number of ether oxygens (including phenoxy) is 1. The Labute approximate surface area is 159 Å². The van der Waals surface area contributed by atoms with Crippen molar-refractivity contribution in [2.45, 2.75) is 6.42 Å². The third-order valence-corrected chi connectivity index (χ3v) is 3.37. The van der Waals surface area contributed by atoms with E-state index >= 15 is 0 Å². The zero-order valence-electron chi connectivity index (χ0n) is 15.5. The van der Waals surface area contributed by atoms with Crippen molar-refractivity contribution >= 4 is 11.9 Å². The number of carbonyl (C=O) groups is 2. The maximum atomic E-state index is 9.55. The summed E-state index contributed by atoms with van der Waals surface area (Å²) in [5, 5.41) is 15.6. The third-order valence-electron chi connectivity index (χ3n) is 3.37. The lowest BCUT2D eigenvalue weighted by Gasteiger charge is -2.14. The number of nitrogens with zero attached hydrogens (tertiary/aromatic N) is 1. The molecule has 0 saturated carbocycles. The van der Waals surface area contributed by atoms with Gasteiger partial charge < -0.3 is 19.8 Å². The maximum Gasteiger partial charge on any atom is 0.328 e. The van der Waals surface area contributed by atoms with E-state index in [2.05, 4.69) is 55.4 Å². The molecular formula is C21H25NO5. The molecule has 27 heavy (non-hydrogen) atoms. The van der Waals surface area contributed by atoms with E-state index in [0.29, 0.717) is 12.2 Å². The van der Waals surface area contributed by atoms with Crippen LogP contribution in [0.4, 0.5) is 0 Å². The second kappa shape index (κ2) is 12.3. The fraction of sp³-hybridized carbons (Fsp3) is 0.238. The molecule has 0 radical (unpaired) electrons. The van der Waals surface area contributed by atoms with Gasteiger partial charge in [0.1, 0.15) is 12.4 Å². The number of rotatable bonds is 8. The fourth-order valence-electron chi connectivity index (χ4n) is 2.09. The second-order valence-electron chi connectivity index (χ2n) is 5.93. The summed E-state index contributed by atoms with van der Waals surface area (Å²) in [7, 11) is 4.11. The van der Waals surface area contributed by atoms with E-state index in [1.165, 1.54) is 11.1 Å². The molecule has 144 valence electrons. The summed E-state index contributed by atoms with van der Waals surface area (Å²) in [6.45, 7) is 1.65. The average Bonchev–Trinajstić information content (AvgIpc) is 2.62. The average molecular weight is 371 g/mol. The Morgan fingerprint density at radius 3 is 2.04 bits per heavy atom. The highest BCUT2D eigenvalue weighted by Gasteiger charge is 2.04. The fourth-order valence-corrected chi connectivity index (χ4v) is 2.09. The van der Waals surface area contributed by atoms with Gasteiger partial charge in [0.2, 0.25) is 0 Å². The monoisotopic (exact) mass is 371 g/mol. The molecule has 0 heterocycles. The van der Waals surface area contributed by atoms with Gasteiger partial charge in [0.25, 0.3) is 0 Å². The quantitative estimate of drug-likeness (QED) is 0.694. The van der Waals surface area contributed by atoms with Crippen LogP contribution in [0.5, 0.6) is 5.75 Å². The number of carboxylic acids is 2.